The second kappa shape index (κ2) is 6.71. The molecule has 5 nitrogen and oxygen atoms in total. The van der Waals surface area contributed by atoms with Crippen LogP contribution in [0.4, 0.5) is 0 Å². The number of benzene rings is 1. The summed E-state index contributed by atoms with van der Waals surface area (Å²) in [6, 6.07) is 6.27. The number of carbonyl (C=O) groups is 2. The zero-order valence-electron chi connectivity index (χ0n) is 13.3. The third kappa shape index (κ3) is 3.91. The Morgan fingerprint density at radius 3 is 2.70 bits per heavy atom. The number of ether oxygens (including phenoxy) is 1. The third-order valence-corrected chi connectivity index (χ3v) is 4.78. The van der Waals surface area contributed by atoms with Crippen LogP contribution in [0.15, 0.2) is 18.2 Å². The van der Waals surface area contributed by atoms with Crippen LogP contribution in [0.2, 0.25) is 0 Å². The fraction of sp³-hybridized carbons (Fsp3) is 0.556. The molecule has 1 aliphatic heterocycles. The Labute approximate surface area is 136 Å². The Kier molecular flexibility index (Phi) is 4.66. The molecule has 1 aromatic rings. The maximum atomic E-state index is 12.4. The second-order valence-corrected chi connectivity index (χ2v) is 6.69. The lowest BCUT2D eigenvalue weighted by atomic mass is 9.89. The van der Waals surface area contributed by atoms with Gasteiger partial charge in [0.1, 0.15) is 0 Å². The van der Waals surface area contributed by atoms with Crippen molar-refractivity contribution in [1.82, 2.24) is 5.32 Å². The normalized spacial score (nSPS) is 23.3. The Balaban J connectivity index is 1.65. The van der Waals surface area contributed by atoms with Crippen LogP contribution in [0.5, 0.6) is 0 Å². The minimum Gasteiger partial charge on any atom is -0.481 e. The number of aryl methyl sites for hydroxylation is 2. The SMILES string of the molecule is O=C(O)CC1(NC(=O)Cc2ccc3c(c2)CCCC3)CCOC1. The molecule has 1 fully saturated rings. The first-order chi connectivity index (χ1) is 11.1. The van der Waals surface area contributed by atoms with E-state index in [0.717, 1.165) is 18.4 Å². The van der Waals surface area contributed by atoms with Crippen molar-refractivity contribution < 1.29 is 19.4 Å². The minimum atomic E-state index is -0.912. The van der Waals surface area contributed by atoms with Crippen LogP contribution in [-0.4, -0.2) is 35.7 Å². The molecule has 2 N–H and O–H groups in total. The van der Waals surface area contributed by atoms with E-state index in [1.807, 2.05) is 6.07 Å². The van der Waals surface area contributed by atoms with Gasteiger partial charge in [0.2, 0.25) is 5.91 Å². The molecule has 1 aromatic carbocycles. The highest BCUT2D eigenvalue weighted by molar-refractivity contribution is 5.80. The molecule has 1 heterocycles. The van der Waals surface area contributed by atoms with Crippen molar-refractivity contribution in [3.05, 3.63) is 34.9 Å². The summed E-state index contributed by atoms with van der Waals surface area (Å²) in [7, 11) is 0. The summed E-state index contributed by atoms with van der Waals surface area (Å²) < 4.78 is 5.31. The summed E-state index contributed by atoms with van der Waals surface area (Å²) >= 11 is 0. The van der Waals surface area contributed by atoms with Crippen LogP contribution in [0.1, 0.15) is 42.4 Å². The molecule has 1 unspecified atom stereocenters. The lowest BCUT2D eigenvalue weighted by molar-refractivity contribution is -0.139. The van der Waals surface area contributed by atoms with Crippen molar-refractivity contribution in [2.75, 3.05) is 13.2 Å². The summed E-state index contributed by atoms with van der Waals surface area (Å²) in [4.78, 5) is 23.4. The Hall–Kier alpha value is -1.88. The first-order valence-electron chi connectivity index (χ1n) is 8.28. The molecular weight excluding hydrogens is 294 g/mol. The van der Waals surface area contributed by atoms with Gasteiger partial charge in [-0.3, -0.25) is 9.59 Å². The molecule has 3 rings (SSSR count). The van der Waals surface area contributed by atoms with E-state index >= 15 is 0 Å². The van der Waals surface area contributed by atoms with Crippen LogP contribution < -0.4 is 5.32 Å². The quantitative estimate of drug-likeness (QED) is 0.869. The number of aliphatic carboxylic acids is 1. The van der Waals surface area contributed by atoms with Gasteiger partial charge in [0.25, 0.3) is 0 Å². The van der Waals surface area contributed by atoms with E-state index in [4.69, 9.17) is 9.84 Å². The van der Waals surface area contributed by atoms with Crippen molar-refractivity contribution in [3.63, 3.8) is 0 Å². The van der Waals surface area contributed by atoms with E-state index in [-0.39, 0.29) is 25.4 Å². The highest BCUT2D eigenvalue weighted by Crippen LogP contribution is 2.24. The first-order valence-corrected chi connectivity index (χ1v) is 8.28. The lowest BCUT2D eigenvalue weighted by Gasteiger charge is -2.27. The van der Waals surface area contributed by atoms with E-state index in [2.05, 4.69) is 17.4 Å². The van der Waals surface area contributed by atoms with Crippen molar-refractivity contribution in [2.45, 2.75) is 50.5 Å². The standard InChI is InChI=1S/C18H23NO4/c20-16(19-18(11-17(21)22)7-8-23-12-18)10-13-5-6-14-3-1-2-4-15(14)9-13/h5-6,9H,1-4,7-8,10-12H2,(H,19,20)(H,21,22). The molecule has 124 valence electrons. The second-order valence-electron chi connectivity index (χ2n) is 6.69. The van der Waals surface area contributed by atoms with Crippen molar-refractivity contribution in [3.8, 4) is 0 Å². The number of hydrogen-bond acceptors (Lipinski definition) is 3. The number of carboxylic acids is 1. The highest BCUT2D eigenvalue weighted by Gasteiger charge is 2.38. The third-order valence-electron chi connectivity index (χ3n) is 4.78. The molecule has 0 spiro atoms. The van der Waals surface area contributed by atoms with Crippen LogP contribution >= 0.6 is 0 Å². The molecule has 0 radical (unpaired) electrons. The zero-order valence-corrected chi connectivity index (χ0v) is 13.3. The smallest absolute Gasteiger partial charge is 0.305 e. The summed E-state index contributed by atoms with van der Waals surface area (Å²) in [5.74, 6) is -1.04. The minimum absolute atomic E-state index is 0.0943. The number of amides is 1. The molecule has 1 amide bonds. The Morgan fingerprint density at radius 2 is 2.00 bits per heavy atom. The number of nitrogens with one attached hydrogen (secondary N) is 1. The fourth-order valence-electron chi connectivity index (χ4n) is 3.60. The molecule has 23 heavy (non-hydrogen) atoms. The van der Waals surface area contributed by atoms with Gasteiger partial charge in [0.15, 0.2) is 0 Å². The fourth-order valence-corrected chi connectivity index (χ4v) is 3.60. The molecule has 1 aliphatic carbocycles. The molecule has 2 aliphatic rings. The number of hydrogen-bond donors (Lipinski definition) is 2. The zero-order chi connectivity index (χ0) is 16.3. The van der Waals surface area contributed by atoms with Crippen molar-refractivity contribution >= 4 is 11.9 Å². The first kappa shape index (κ1) is 16.0. The van der Waals surface area contributed by atoms with E-state index < -0.39 is 11.5 Å². The Bertz CT molecular complexity index is 605. The average molecular weight is 317 g/mol. The van der Waals surface area contributed by atoms with E-state index in [1.54, 1.807) is 0 Å². The summed E-state index contributed by atoms with van der Waals surface area (Å²) in [6.07, 6.45) is 5.40. The van der Waals surface area contributed by atoms with Crippen LogP contribution in [-0.2, 0) is 33.6 Å². The van der Waals surface area contributed by atoms with Gasteiger partial charge in [-0.25, -0.2) is 0 Å². The largest absolute Gasteiger partial charge is 0.481 e. The number of rotatable bonds is 5. The predicted molar refractivity (Wildman–Crippen MR) is 85.4 cm³/mol. The average Bonchev–Trinajstić information content (AvgIpc) is 2.94. The molecule has 0 bridgehead atoms. The van der Waals surface area contributed by atoms with Crippen LogP contribution in [0.25, 0.3) is 0 Å². The molecule has 5 heteroatoms. The van der Waals surface area contributed by atoms with Gasteiger partial charge in [-0.05, 0) is 48.8 Å². The maximum absolute atomic E-state index is 12.4. The molecule has 1 atom stereocenters. The van der Waals surface area contributed by atoms with Crippen LogP contribution in [0, 0.1) is 0 Å². The Morgan fingerprint density at radius 1 is 1.22 bits per heavy atom. The molecular formula is C18H23NO4. The van der Waals surface area contributed by atoms with Gasteiger partial charge in [-0.1, -0.05) is 18.2 Å². The summed E-state index contributed by atoms with van der Waals surface area (Å²) in [6.45, 7) is 0.766. The number of carbonyl (C=O) groups excluding carboxylic acids is 1. The van der Waals surface area contributed by atoms with Crippen molar-refractivity contribution in [2.24, 2.45) is 0 Å². The van der Waals surface area contributed by atoms with E-state index in [1.165, 1.54) is 24.0 Å². The number of fused-ring (bicyclic) bond motifs is 1. The highest BCUT2D eigenvalue weighted by atomic mass is 16.5. The molecule has 0 aromatic heterocycles. The summed E-state index contributed by atoms with van der Waals surface area (Å²) in [5.41, 5.74) is 2.99. The van der Waals surface area contributed by atoms with Gasteiger partial charge >= 0.3 is 5.97 Å². The molecule has 1 saturated heterocycles. The maximum Gasteiger partial charge on any atom is 0.305 e. The predicted octanol–water partition coefficient (Wildman–Crippen LogP) is 1.86. The van der Waals surface area contributed by atoms with Gasteiger partial charge in [-0.2, -0.15) is 0 Å². The van der Waals surface area contributed by atoms with Gasteiger partial charge in [0, 0.05) is 6.61 Å². The van der Waals surface area contributed by atoms with Crippen LogP contribution in [0.3, 0.4) is 0 Å². The summed E-state index contributed by atoms with van der Waals surface area (Å²) in [5, 5.41) is 12.0. The topological polar surface area (TPSA) is 75.6 Å². The van der Waals surface area contributed by atoms with Gasteiger partial charge in [0.05, 0.1) is 25.0 Å². The van der Waals surface area contributed by atoms with E-state index in [0.29, 0.717) is 13.0 Å². The van der Waals surface area contributed by atoms with E-state index in [9.17, 15) is 9.59 Å². The number of carboxylic acid groups (broad SMARTS) is 1. The monoisotopic (exact) mass is 317 g/mol. The van der Waals surface area contributed by atoms with Crippen molar-refractivity contribution in [1.29, 1.82) is 0 Å². The van der Waals surface area contributed by atoms with Gasteiger partial charge < -0.3 is 15.2 Å². The molecule has 0 saturated carbocycles. The van der Waals surface area contributed by atoms with Gasteiger partial charge in [-0.15, -0.1) is 0 Å². The lowest BCUT2D eigenvalue weighted by Crippen LogP contribution is -2.51.